The van der Waals surface area contributed by atoms with Gasteiger partial charge in [0.2, 0.25) is 5.92 Å². The first-order chi connectivity index (χ1) is 19.4. The second kappa shape index (κ2) is 11.3. The zero-order chi connectivity index (χ0) is 31.1. The lowest BCUT2D eigenvalue weighted by Gasteiger charge is -2.41. The minimum atomic E-state index is -3.25. The van der Waals surface area contributed by atoms with Gasteiger partial charge in [0.15, 0.2) is 0 Å². The normalized spacial score (nSPS) is 19.6. The predicted molar refractivity (Wildman–Crippen MR) is 153 cm³/mol. The van der Waals surface area contributed by atoms with Gasteiger partial charge in [-0.25, -0.2) is 31.5 Å². The number of halogens is 4. The number of carbonyl (C=O) groups is 2. The van der Waals surface area contributed by atoms with E-state index in [1.807, 2.05) is 0 Å². The van der Waals surface area contributed by atoms with E-state index in [1.165, 1.54) is 35.6 Å². The lowest BCUT2D eigenvalue weighted by Crippen LogP contribution is -2.56. The summed E-state index contributed by atoms with van der Waals surface area (Å²) in [5.74, 6) is -6.17. The monoisotopic (exact) mass is 613 g/mol. The van der Waals surface area contributed by atoms with Gasteiger partial charge in [-0.1, -0.05) is 6.07 Å². The summed E-state index contributed by atoms with van der Waals surface area (Å²) in [6, 6.07) is 5.97. The molecule has 1 N–H and O–H groups in total. The number of hydrogen-bond donors (Lipinski definition) is 1. The Morgan fingerprint density at radius 1 is 1.07 bits per heavy atom. The molecular weight excluding hydrogens is 578 g/mol. The highest BCUT2D eigenvalue weighted by Crippen LogP contribution is 2.38. The van der Waals surface area contributed by atoms with E-state index in [1.54, 1.807) is 38.7 Å². The SMILES string of the molecule is Cc1c(N2CC(F)(F)C2)cnc(N2CCCC(F)(F)CC2)c1C(=O)Nc1cccc([S@@](C)(=O)=NC(=O)OC(C)(C)C)c1. The lowest BCUT2D eigenvalue weighted by molar-refractivity contribution is -0.0263. The summed E-state index contributed by atoms with van der Waals surface area (Å²) >= 11 is 0. The number of ether oxygens (including phenoxy) is 1. The Bertz CT molecular complexity index is 1490. The van der Waals surface area contributed by atoms with Crippen LogP contribution < -0.4 is 15.1 Å². The van der Waals surface area contributed by atoms with Crippen LogP contribution in [0.1, 0.15) is 56.0 Å². The molecule has 1 aromatic heterocycles. The highest BCUT2D eigenvalue weighted by Gasteiger charge is 2.45. The molecule has 4 rings (SSSR count). The Morgan fingerprint density at radius 3 is 2.40 bits per heavy atom. The molecule has 2 amide bonds. The van der Waals surface area contributed by atoms with E-state index in [0.717, 1.165) is 0 Å². The number of pyridine rings is 1. The zero-order valence-electron chi connectivity index (χ0n) is 24.2. The van der Waals surface area contributed by atoms with Crippen LogP contribution in [0.3, 0.4) is 0 Å². The molecule has 3 heterocycles. The van der Waals surface area contributed by atoms with Crippen molar-refractivity contribution in [2.24, 2.45) is 4.36 Å². The van der Waals surface area contributed by atoms with Gasteiger partial charge < -0.3 is 19.9 Å². The van der Waals surface area contributed by atoms with Gasteiger partial charge >= 0.3 is 6.09 Å². The van der Waals surface area contributed by atoms with E-state index in [0.29, 0.717) is 11.3 Å². The van der Waals surface area contributed by atoms with Crippen molar-refractivity contribution in [1.29, 1.82) is 0 Å². The Kier molecular flexibility index (Phi) is 8.51. The number of alkyl halides is 4. The van der Waals surface area contributed by atoms with Gasteiger partial charge in [0, 0.05) is 42.8 Å². The molecule has 0 saturated carbocycles. The lowest BCUT2D eigenvalue weighted by atomic mass is 10.0. The quantitative estimate of drug-likeness (QED) is 0.406. The van der Waals surface area contributed by atoms with Crippen molar-refractivity contribution in [3.05, 3.63) is 41.6 Å². The van der Waals surface area contributed by atoms with Crippen LogP contribution in [-0.4, -0.2) is 71.1 Å². The van der Waals surface area contributed by atoms with Crippen molar-refractivity contribution in [3.8, 4) is 0 Å². The number of carbonyl (C=O) groups excluding carboxylic acids is 2. The first kappa shape index (κ1) is 31.5. The first-order valence-electron chi connectivity index (χ1n) is 13.5. The number of nitrogens with one attached hydrogen (secondary N) is 1. The van der Waals surface area contributed by atoms with Crippen LogP contribution in [0.4, 0.5) is 39.5 Å². The van der Waals surface area contributed by atoms with Crippen molar-refractivity contribution in [3.63, 3.8) is 0 Å². The fraction of sp³-hybridized carbons (Fsp3) is 0.536. The third-order valence-corrected chi connectivity index (χ3v) is 8.52. The van der Waals surface area contributed by atoms with Crippen LogP contribution in [-0.2, 0) is 14.5 Å². The van der Waals surface area contributed by atoms with Crippen LogP contribution in [0.5, 0.6) is 0 Å². The van der Waals surface area contributed by atoms with E-state index in [9.17, 15) is 31.4 Å². The topological polar surface area (TPSA) is 104 Å². The Morgan fingerprint density at radius 2 is 1.76 bits per heavy atom. The van der Waals surface area contributed by atoms with Crippen molar-refractivity contribution in [2.45, 2.75) is 69.3 Å². The van der Waals surface area contributed by atoms with Crippen LogP contribution in [0.2, 0.25) is 0 Å². The van der Waals surface area contributed by atoms with E-state index in [4.69, 9.17) is 4.74 Å². The molecule has 2 aliphatic rings. The van der Waals surface area contributed by atoms with Crippen LogP contribution in [0, 0.1) is 6.92 Å². The van der Waals surface area contributed by atoms with Gasteiger partial charge in [-0.15, -0.1) is 4.36 Å². The molecule has 0 spiro atoms. The Hall–Kier alpha value is -3.42. The summed E-state index contributed by atoms with van der Waals surface area (Å²) in [4.78, 5) is 33.5. The van der Waals surface area contributed by atoms with Gasteiger partial charge in [-0.2, -0.15) is 0 Å². The second-order valence-corrected chi connectivity index (χ2v) is 14.0. The highest BCUT2D eigenvalue weighted by atomic mass is 32.2. The second-order valence-electron chi connectivity index (χ2n) is 11.7. The Labute approximate surface area is 242 Å². The van der Waals surface area contributed by atoms with Gasteiger partial charge in [0.1, 0.15) is 11.4 Å². The number of benzene rings is 1. The minimum absolute atomic E-state index is 0.0413. The van der Waals surface area contributed by atoms with Gasteiger partial charge in [0.25, 0.3) is 11.8 Å². The molecule has 1 atom stereocenters. The third-order valence-electron chi connectivity index (χ3n) is 6.89. The summed E-state index contributed by atoms with van der Waals surface area (Å²) < 4.78 is 77.7. The number of aromatic nitrogens is 1. The van der Waals surface area contributed by atoms with Crippen molar-refractivity contribution in [1.82, 2.24) is 4.98 Å². The molecular formula is C28H35F4N5O4S. The van der Waals surface area contributed by atoms with Gasteiger partial charge in [-0.3, -0.25) is 4.79 Å². The molecule has 2 saturated heterocycles. The van der Waals surface area contributed by atoms with Crippen molar-refractivity contribution in [2.75, 3.05) is 47.6 Å². The maximum absolute atomic E-state index is 14.1. The standard InChI is InChI=1S/C28H35F4N5O4S/c1-18-21(37-16-28(31,32)17-37)15-33-23(36-12-7-10-27(29,30)11-13-36)22(18)24(38)34-19-8-6-9-20(14-19)42(5,40)35-25(39)41-26(2,3)4/h6,8-9,14-15H,7,10-13,16-17H2,1-5H3,(H,34,38)/t42-/m1/s1. The zero-order valence-corrected chi connectivity index (χ0v) is 25.0. The number of amides is 2. The molecule has 0 radical (unpaired) electrons. The van der Waals surface area contributed by atoms with E-state index < -0.39 is 58.7 Å². The molecule has 2 aromatic rings. The molecule has 9 nitrogen and oxygen atoms in total. The molecule has 0 bridgehead atoms. The molecule has 2 fully saturated rings. The van der Waals surface area contributed by atoms with Crippen LogP contribution >= 0.6 is 0 Å². The maximum atomic E-state index is 14.1. The number of rotatable bonds is 5. The van der Waals surface area contributed by atoms with Gasteiger partial charge in [0.05, 0.1) is 40.3 Å². The molecule has 2 aliphatic heterocycles. The average molecular weight is 614 g/mol. The van der Waals surface area contributed by atoms with E-state index in [2.05, 4.69) is 14.7 Å². The van der Waals surface area contributed by atoms with Crippen LogP contribution in [0.25, 0.3) is 0 Å². The average Bonchev–Trinajstić information content (AvgIpc) is 3.01. The summed E-state index contributed by atoms with van der Waals surface area (Å²) in [6.45, 7) is 5.70. The number of hydrogen-bond acceptors (Lipinski definition) is 7. The minimum Gasteiger partial charge on any atom is -0.442 e. The fourth-order valence-electron chi connectivity index (χ4n) is 4.85. The number of anilines is 3. The highest BCUT2D eigenvalue weighted by molar-refractivity contribution is 7.93. The predicted octanol–water partition coefficient (Wildman–Crippen LogP) is 6.12. The van der Waals surface area contributed by atoms with Gasteiger partial charge in [-0.05, 0) is 57.9 Å². The molecule has 14 heteroatoms. The molecule has 0 unspecified atom stereocenters. The summed E-state index contributed by atoms with van der Waals surface area (Å²) in [6.07, 6.45) is 1.15. The third kappa shape index (κ3) is 7.50. The van der Waals surface area contributed by atoms with E-state index in [-0.39, 0.29) is 47.9 Å². The number of nitrogens with zero attached hydrogens (tertiary/aromatic N) is 4. The molecule has 1 aromatic carbocycles. The molecule has 230 valence electrons. The fourth-order valence-corrected chi connectivity index (χ4v) is 5.95. The van der Waals surface area contributed by atoms with Crippen molar-refractivity contribution >= 4 is 38.9 Å². The van der Waals surface area contributed by atoms with Crippen LogP contribution in [0.15, 0.2) is 39.7 Å². The van der Waals surface area contributed by atoms with Crippen molar-refractivity contribution < 1.29 is 36.1 Å². The summed E-state index contributed by atoms with van der Waals surface area (Å²) in [5.41, 5.74) is 0.171. The molecule has 42 heavy (non-hydrogen) atoms. The first-order valence-corrected chi connectivity index (χ1v) is 15.4. The van der Waals surface area contributed by atoms with E-state index >= 15 is 0 Å². The maximum Gasteiger partial charge on any atom is 0.442 e. The summed E-state index contributed by atoms with van der Waals surface area (Å²) in [7, 11) is -3.25. The Balaban J connectivity index is 1.67. The smallest absolute Gasteiger partial charge is 0.442 e. The largest absolute Gasteiger partial charge is 0.442 e. The molecule has 0 aliphatic carbocycles. The summed E-state index contributed by atoms with van der Waals surface area (Å²) in [5, 5.41) is 2.73.